The van der Waals surface area contributed by atoms with Gasteiger partial charge in [0.15, 0.2) is 0 Å². The van der Waals surface area contributed by atoms with Gasteiger partial charge in [-0.3, -0.25) is 19.7 Å². The summed E-state index contributed by atoms with van der Waals surface area (Å²) in [5.74, 6) is -0.510. The van der Waals surface area contributed by atoms with Gasteiger partial charge >= 0.3 is 0 Å². The molecule has 9 nitrogen and oxygen atoms in total. The average molecular weight is 438 g/mol. The van der Waals surface area contributed by atoms with Gasteiger partial charge in [-0.2, -0.15) is 5.10 Å². The van der Waals surface area contributed by atoms with Gasteiger partial charge in [-0.25, -0.2) is 5.01 Å². The lowest BCUT2D eigenvalue weighted by molar-refractivity contribution is -0.384. The van der Waals surface area contributed by atoms with Gasteiger partial charge in [0.25, 0.3) is 11.6 Å². The number of para-hydroxylation sites is 1. The van der Waals surface area contributed by atoms with Gasteiger partial charge in [0.1, 0.15) is 12.6 Å². The van der Waals surface area contributed by atoms with Gasteiger partial charge in [0.05, 0.1) is 17.7 Å². The number of hydrogen-bond acceptors (Lipinski definition) is 5. The fourth-order valence-corrected chi connectivity index (χ4v) is 4.30. The zero-order valence-electron chi connectivity index (χ0n) is 16.1. The second-order valence-corrected chi connectivity index (χ2v) is 7.88. The van der Waals surface area contributed by atoms with Crippen molar-refractivity contribution in [2.24, 2.45) is 5.10 Å². The Morgan fingerprint density at radius 2 is 2.00 bits per heavy atom. The Hall–Kier alpha value is -3.72. The molecule has 2 amide bonds. The quantitative estimate of drug-likeness (QED) is 0.385. The third-order valence-corrected chi connectivity index (χ3v) is 6.02. The van der Waals surface area contributed by atoms with Crippen LogP contribution >= 0.6 is 11.6 Å². The number of hydrogen-bond donors (Lipinski definition) is 1. The Kier molecular flexibility index (Phi) is 4.48. The predicted octanol–water partition coefficient (Wildman–Crippen LogP) is 2.86. The van der Waals surface area contributed by atoms with Crippen LogP contribution in [-0.2, 0) is 22.6 Å². The van der Waals surface area contributed by atoms with Crippen molar-refractivity contribution in [3.63, 3.8) is 0 Å². The molecule has 0 spiro atoms. The summed E-state index contributed by atoms with van der Waals surface area (Å²) in [5, 5.41) is 17.5. The number of nitro groups is 1. The molecule has 0 radical (unpaired) electrons. The summed E-state index contributed by atoms with van der Waals surface area (Å²) in [7, 11) is 0. The summed E-state index contributed by atoms with van der Waals surface area (Å²) in [5.41, 5.74) is 3.10. The van der Waals surface area contributed by atoms with E-state index in [0.717, 1.165) is 27.2 Å². The number of benzene rings is 2. The number of carbonyl (C=O) groups excluding carboxylic acids is 2. The number of nitro benzene ring substituents is 1. The number of nitrogens with one attached hydrogen (secondary N) is 1. The highest BCUT2D eigenvalue weighted by molar-refractivity contribution is 6.33. The lowest BCUT2D eigenvalue weighted by atomic mass is 9.94. The smallest absolute Gasteiger partial charge is 0.270 e. The molecule has 1 atom stereocenters. The number of aromatic amines is 1. The Morgan fingerprint density at radius 1 is 1.19 bits per heavy atom. The fraction of sp³-hybridized carbons (Fsp3) is 0.190. The zero-order chi connectivity index (χ0) is 21.7. The molecule has 10 heteroatoms. The number of rotatable bonds is 3. The first-order valence-corrected chi connectivity index (χ1v) is 9.97. The number of carbonyl (C=O) groups is 2. The van der Waals surface area contributed by atoms with E-state index < -0.39 is 11.0 Å². The van der Waals surface area contributed by atoms with Crippen LogP contribution in [0.4, 0.5) is 5.69 Å². The first kappa shape index (κ1) is 19.3. The summed E-state index contributed by atoms with van der Waals surface area (Å²) < 4.78 is 0. The van der Waals surface area contributed by atoms with E-state index in [0.29, 0.717) is 18.5 Å². The van der Waals surface area contributed by atoms with E-state index in [1.807, 2.05) is 24.3 Å². The molecule has 156 valence electrons. The van der Waals surface area contributed by atoms with E-state index in [1.54, 1.807) is 4.90 Å². The maximum absolute atomic E-state index is 13.1. The van der Waals surface area contributed by atoms with Crippen LogP contribution in [0.15, 0.2) is 47.6 Å². The van der Waals surface area contributed by atoms with Crippen molar-refractivity contribution < 1.29 is 14.5 Å². The molecular formula is C21H16ClN5O4. The third-order valence-electron chi connectivity index (χ3n) is 5.68. The van der Waals surface area contributed by atoms with E-state index in [4.69, 9.17) is 11.6 Å². The maximum Gasteiger partial charge on any atom is 0.270 e. The fourth-order valence-electron chi connectivity index (χ4n) is 4.13. The monoisotopic (exact) mass is 437 g/mol. The summed E-state index contributed by atoms with van der Waals surface area (Å²) in [6.45, 7) is 0.140. The van der Waals surface area contributed by atoms with Crippen LogP contribution in [-0.4, -0.2) is 50.4 Å². The molecule has 0 unspecified atom stereocenters. The van der Waals surface area contributed by atoms with Gasteiger partial charge in [-0.05, 0) is 17.7 Å². The number of nitrogens with zero attached hydrogens (tertiary/aromatic N) is 4. The van der Waals surface area contributed by atoms with Gasteiger partial charge < -0.3 is 9.88 Å². The zero-order valence-corrected chi connectivity index (χ0v) is 16.9. The molecule has 3 aromatic rings. The molecule has 5 rings (SSSR count). The molecule has 0 aliphatic carbocycles. The number of H-pyrrole nitrogens is 1. The lowest BCUT2D eigenvalue weighted by Crippen LogP contribution is -2.60. The van der Waals surface area contributed by atoms with E-state index in [2.05, 4.69) is 10.1 Å². The van der Waals surface area contributed by atoms with Crippen molar-refractivity contribution in [2.75, 3.05) is 6.54 Å². The first-order chi connectivity index (χ1) is 14.9. The van der Waals surface area contributed by atoms with Gasteiger partial charge in [-0.15, -0.1) is 0 Å². The van der Waals surface area contributed by atoms with Crippen LogP contribution in [0.5, 0.6) is 0 Å². The number of aromatic nitrogens is 1. The number of halogens is 1. The van der Waals surface area contributed by atoms with Gasteiger partial charge in [0.2, 0.25) is 5.91 Å². The van der Waals surface area contributed by atoms with Gasteiger partial charge in [-0.1, -0.05) is 29.8 Å². The molecule has 1 fully saturated rings. The number of non-ortho nitro benzene ring substituents is 1. The van der Waals surface area contributed by atoms with Crippen molar-refractivity contribution >= 4 is 46.2 Å². The molecule has 1 aromatic heterocycles. The second kappa shape index (κ2) is 7.21. The standard InChI is InChI=1S/C21H16ClN5O4/c22-16-6-5-13(27(30)31)7-12(16)9-23-26-11-20(28)25-10-18-15(8-19(25)21(26)29)14-3-1-2-4-17(14)24-18/h1-7,9,19,24H,8,10-11H2/b23-9+/t19-/m1/s1. The summed E-state index contributed by atoms with van der Waals surface area (Å²) in [6.07, 6.45) is 1.67. The van der Waals surface area contributed by atoms with Crippen molar-refractivity contribution in [2.45, 2.75) is 19.0 Å². The van der Waals surface area contributed by atoms with Crippen molar-refractivity contribution in [3.8, 4) is 0 Å². The second-order valence-electron chi connectivity index (χ2n) is 7.47. The summed E-state index contributed by atoms with van der Waals surface area (Å²) >= 11 is 6.10. The van der Waals surface area contributed by atoms with Crippen LogP contribution in [0.2, 0.25) is 5.02 Å². The minimum Gasteiger partial charge on any atom is -0.357 e. The lowest BCUT2D eigenvalue weighted by Gasteiger charge is -2.40. The Labute approximate surface area is 181 Å². The highest BCUT2D eigenvalue weighted by Gasteiger charge is 2.43. The SMILES string of the molecule is O=C1[C@H]2Cc3c([nH]c4ccccc34)CN2C(=O)CN1/N=C/c1cc([N+](=O)[O-])ccc1Cl. The summed E-state index contributed by atoms with van der Waals surface area (Å²) in [4.78, 5) is 41.3. The Bertz CT molecular complexity index is 1280. The van der Waals surface area contributed by atoms with Crippen molar-refractivity contribution in [1.82, 2.24) is 14.9 Å². The largest absolute Gasteiger partial charge is 0.357 e. The van der Waals surface area contributed by atoms with E-state index in [9.17, 15) is 19.7 Å². The van der Waals surface area contributed by atoms with Crippen molar-refractivity contribution in [1.29, 1.82) is 0 Å². The molecule has 2 aliphatic heterocycles. The first-order valence-electron chi connectivity index (χ1n) is 9.59. The van der Waals surface area contributed by atoms with E-state index in [1.165, 1.54) is 24.4 Å². The minimum atomic E-state index is -0.648. The highest BCUT2D eigenvalue weighted by atomic mass is 35.5. The molecule has 1 N–H and O–H groups in total. The number of hydrazone groups is 1. The molecule has 0 saturated carbocycles. The van der Waals surface area contributed by atoms with E-state index >= 15 is 0 Å². The van der Waals surface area contributed by atoms with Crippen LogP contribution in [0.1, 0.15) is 16.8 Å². The Balaban J connectivity index is 1.44. The third kappa shape index (κ3) is 3.23. The predicted molar refractivity (Wildman–Crippen MR) is 114 cm³/mol. The maximum atomic E-state index is 13.1. The summed E-state index contributed by atoms with van der Waals surface area (Å²) in [6, 6.07) is 11.1. The van der Waals surface area contributed by atoms with E-state index in [-0.39, 0.29) is 29.1 Å². The molecule has 3 heterocycles. The Morgan fingerprint density at radius 3 is 2.81 bits per heavy atom. The molecule has 31 heavy (non-hydrogen) atoms. The highest BCUT2D eigenvalue weighted by Crippen LogP contribution is 2.32. The minimum absolute atomic E-state index is 0.141. The topological polar surface area (TPSA) is 112 Å². The normalized spacial score (nSPS) is 18.5. The number of amides is 2. The average Bonchev–Trinajstić information content (AvgIpc) is 3.12. The van der Waals surface area contributed by atoms with Gasteiger partial charge in [0, 0.05) is 45.7 Å². The molecule has 1 saturated heterocycles. The van der Waals surface area contributed by atoms with Crippen LogP contribution in [0.3, 0.4) is 0 Å². The van der Waals surface area contributed by atoms with Crippen LogP contribution in [0.25, 0.3) is 10.9 Å². The molecule has 0 bridgehead atoms. The molecular weight excluding hydrogens is 422 g/mol. The molecule has 2 aromatic carbocycles. The van der Waals surface area contributed by atoms with Crippen molar-refractivity contribution in [3.05, 3.63) is 74.4 Å². The van der Waals surface area contributed by atoms with Crippen LogP contribution < -0.4 is 0 Å². The number of piperazine rings is 1. The molecule has 2 aliphatic rings. The van der Waals surface area contributed by atoms with Crippen LogP contribution in [0, 0.1) is 10.1 Å². The number of fused-ring (bicyclic) bond motifs is 4.